The lowest BCUT2D eigenvalue weighted by Crippen LogP contribution is -2.43. The van der Waals surface area contributed by atoms with Crippen LogP contribution in [0.15, 0.2) is 36.4 Å². The van der Waals surface area contributed by atoms with Gasteiger partial charge >= 0.3 is 0 Å². The van der Waals surface area contributed by atoms with Gasteiger partial charge in [-0.05, 0) is 32.3 Å². The second-order valence-corrected chi connectivity index (χ2v) is 5.61. The number of allylic oxidation sites excluding steroid dienone is 2. The minimum absolute atomic E-state index is 0.0109. The molecule has 1 amide bonds. The predicted octanol–water partition coefficient (Wildman–Crippen LogP) is 3.16. The highest BCUT2D eigenvalue weighted by Gasteiger charge is 2.30. The fourth-order valence-corrected chi connectivity index (χ4v) is 2.60. The summed E-state index contributed by atoms with van der Waals surface area (Å²) in [6.45, 7) is 2.04. The molecule has 0 heterocycles. The number of hydrogen-bond acceptors (Lipinski definition) is 2. The molecule has 0 saturated carbocycles. The number of hydrogen-bond donors (Lipinski definition) is 1. The molecule has 1 aliphatic rings. The Morgan fingerprint density at radius 2 is 2.19 bits per heavy atom. The normalized spacial score (nSPS) is 20.8. The average Bonchev–Trinajstić information content (AvgIpc) is 2.53. The highest BCUT2D eigenvalue weighted by atomic mass is 19.1. The Balaban J connectivity index is 2.03. The second kappa shape index (κ2) is 6.85. The number of carbonyl (C=O) groups is 1. The fraction of sp³-hybridized carbons (Fsp3) is 0.471. The highest BCUT2D eigenvalue weighted by Crippen LogP contribution is 2.27. The number of carbonyl (C=O) groups excluding carboxylic acids is 1. The molecule has 1 aromatic rings. The van der Waals surface area contributed by atoms with Crippen molar-refractivity contribution < 1.29 is 13.9 Å². The molecular formula is C17H22FNO2. The van der Waals surface area contributed by atoms with Crippen molar-refractivity contribution in [2.75, 3.05) is 13.7 Å². The predicted molar refractivity (Wildman–Crippen MR) is 80.3 cm³/mol. The lowest BCUT2D eigenvalue weighted by atomic mass is 9.92. The zero-order valence-corrected chi connectivity index (χ0v) is 12.6. The molecular weight excluding hydrogens is 269 g/mol. The van der Waals surface area contributed by atoms with Crippen LogP contribution in [0.4, 0.5) is 4.39 Å². The SMILES string of the molecule is CO[C@](C)(CNC(=O)[C@@H]1CC=CCC1)c1ccccc1F. The molecule has 0 fully saturated rings. The van der Waals surface area contributed by atoms with Gasteiger partial charge in [0.25, 0.3) is 0 Å². The Morgan fingerprint density at radius 1 is 1.43 bits per heavy atom. The molecule has 21 heavy (non-hydrogen) atoms. The first-order valence-electron chi connectivity index (χ1n) is 7.29. The van der Waals surface area contributed by atoms with Gasteiger partial charge < -0.3 is 10.1 Å². The summed E-state index contributed by atoms with van der Waals surface area (Å²) in [4.78, 5) is 12.2. The van der Waals surface area contributed by atoms with E-state index in [0.717, 1.165) is 19.3 Å². The maximum absolute atomic E-state index is 13.9. The molecule has 0 saturated heterocycles. The van der Waals surface area contributed by atoms with E-state index in [9.17, 15) is 9.18 Å². The van der Waals surface area contributed by atoms with Crippen molar-refractivity contribution in [3.8, 4) is 0 Å². The Hall–Kier alpha value is -1.68. The molecule has 0 aromatic heterocycles. The average molecular weight is 291 g/mol. The van der Waals surface area contributed by atoms with Crippen molar-refractivity contribution in [2.45, 2.75) is 31.8 Å². The molecule has 114 valence electrons. The zero-order chi connectivity index (χ0) is 15.3. The summed E-state index contributed by atoms with van der Waals surface area (Å²) in [7, 11) is 1.53. The van der Waals surface area contributed by atoms with Crippen molar-refractivity contribution >= 4 is 5.91 Å². The number of benzene rings is 1. The largest absolute Gasteiger partial charge is 0.372 e. The van der Waals surface area contributed by atoms with Crippen molar-refractivity contribution in [1.82, 2.24) is 5.32 Å². The number of ether oxygens (including phenoxy) is 1. The molecule has 4 heteroatoms. The van der Waals surface area contributed by atoms with Gasteiger partial charge in [-0.1, -0.05) is 30.4 Å². The van der Waals surface area contributed by atoms with E-state index >= 15 is 0 Å². The number of rotatable bonds is 5. The van der Waals surface area contributed by atoms with Gasteiger partial charge in [0.15, 0.2) is 0 Å². The Kier molecular flexibility index (Phi) is 5.12. The van der Waals surface area contributed by atoms with Crippen molar-refractivity contribution in [3.63, 3.8) is 0 Å². The van der Waals surface area contributed by atoms with Crippen LogP contribution in [0.1, 0.15) is 31.7 Å². The summed E-state index contributed by atoms with van der Waals surface area (Å²) >= 11 is 0. The van der Waals surface area contributed by atoms with Gasteiger partial charge in [-0.15, -0.1) is 0 Å². The van der Waals surface area contributed by atoms with Crippen LogP contribution in [0, 0.1) is 11.7 Å². The van der Waals surface area contributed by atoms with E-state index in [-0.39, 0.29) is 24.2 Å². The van der Waals surface area contributed by atoms with Crippen LogP contribution in [-0.2, 0) is 15.1 Å². The van der Waals surface area contributed by atoms with E-state index in [4.69, 9.17) is 4.74 Å². The zero-order valence-electron chi connectivity index (χ0n) is 12.6. The third-order valence-corrected chi connectivity index (χ3v) is 4.13. The van der Waals surface area contributed by atoms with Gasteiger partial charge in [0.1, 0.15) is 11.4 Å². The molecule has 0 bridgehead atoms. The van der Waals surface area contributed by atoms with Gasteiger partial charge in [0.2, 0.25) is 5.91 Å². The maximum Gasteiger partial charge on any atom is 0.223 e. The van der Waals surface area contributed by atoms with Crippen LogP contribution < -0.4 is 5.32 Å². The first-order valence-corrected chi connectivity index (χ1v) is 7.29. The quantitative estimate of drug-likeness (QED) is 0.846. The molecule has 0 aliphatic heterocycles. The molecule has 2 atom stereocenters. The molecule has 1 aromatic carbocycles. The Labute approximate surface area is 125 Å². The molecule has 0 radical (unpaired) electrons. The Morgan fingerprint density at radius 3 is 2.81 bits per heavy atom. The first-order chi connectivity index (χ1) is 10.1. The fourth-order valence-electron chi connectivity index (χ4n) is 2.60. The van der Waals surface area contributed by atoms with Crippen LogP contribution >= 0.6 is 0 Å². The van der Waals surface area contributed by atoms with Gasteiger partial charge in [-0.2, -0.15) is 0 Å². The Bertz CT molecular complexity index is 529. The van der Waals surface area contributed by atoms with Crippen molar-refractivity contribution in [1.29, 1.82) is 0 Å². The molecule has 2 rings (SSSR count). The maximum atomic E-state index is 13.9. The van der Waals surface area contributed by atoms with Gasteiger partial charge in [-0.3, -0.25) is 4.79 Å². The van der Waals surface area contributed by atoms with Crippen LogP contribution in [-0.4, -0.2) is 19.6 Å². The summed E-state index contributed by atoms with van der Waals surface area (Å²) in [5.74, 6) is -0.299. The summed E-state index contributed by atoms with van der Waals surface area (Å²) < 4.78 is 19.4. The van der Waals surface area contributed by atoms with Gasteiger partial charge in [0.05, 0.1) is 6.54 Å². The van der Waals surface area contributed by atoms with E-state index in [2.05, 4.69) is 11.4 Å². The highest BCUT2D eigenvalue weighted by molar-refractivity contribution is 5.79. The second-order valence-electron chi connectivity index (χ2n) is 5.61. The van der Waals surface area contributed by atoms with Gasteiger partial charge in [-0.25, -0.2) is 4.39 Å². The van der Waals surface area contributed by atoms with Crippen LogP contribution in [0.3, 0.4) is 0 Å². The smallest absolute Gasteiger partial charge is 0.223 e. The molecule has 0 spiro atoms. The molecule has 1 N–H and O–H groups in total. The van der Waals surface area contributed by atoms with Crippen LogP contribution in [0.25, 0.3) is 0 Å². The van der Waals surface area contributed by atoms with E-state index in [0.29, 0.717) is 5.56 Å². The third kappa shape index (κ3) is 3.70. The molecule has 1 aliphatic carbocycles. The number of methoxy groups -OCH3 is 1. The molecule has 3 nitrogen and oxygen atoms in total. The third-order valence-electron chi connectivity index (χ3n) is 4.13. The monoisotopic (exact) mass is 291 g/mol. The molecule has 0 unspecified atom stereocenters. The number of halogens is 1. The van der Waals surface area contributed by atoms with Crippen LogP contribution in [0.5, 0.6) is 0 Å². The lowest BCUT2D eigenvalue weighted by Gasteiger charge is -2.30. The minimum atomic E-state index is -0.870. The number of amides is 1. The standard InChI is InChI=1S/C17H22FNO2/c1-17(21-2,14-10-6-7-11-15(14)18)12-19-16(20)13-8-4-3-5-9-13/h3-4,6-7,10-11,13H,5,8-9,12H2,1-2H3,(H,19,20)/t13-,17-/m1/s1. The summed E-state index contributed by atoms with van der Waals surface area (Å²) in [6, 6.07) is 6.50. The van der Waals surface area contributed by atoms with E-state index in [1.807, 2.05) is 6.08 Å². The van der Waals surface area contributed by atoms with Crippen molar-refractivity contribution in [3.05, 3.63) is 47.8 Å². The number of nitrogens with one attached hydrogen (secondary N) is 1. The lowest BCUT2D eigenvalue weighted by molar-refractivity contribution is -0.126. The first kappa shape index (κ1) is 15.7. The van der Waals surface area contributed by atoms with E-state index in [1.54, 1.807) is 25.1 Å². The summed E-state index contributed by atoms with van der Waals surface area (Å²) in [5.41, 5.74) is -0.415. The van der Waals surface area contributed by atoms with Crippen molar-refractivity contribution in [2.24, 2.45) is 5.92 Å². The topological polar surface area (TPSA) is 38.3 Å². The van der Waals surface area contributed by atoms with E-state index < -0.39 is 5.60 Å². The van der Waals surface area contributed by atoms with E-state index in [1.165, 1.54) is 13.2 Å². The summed E-state index contributed by atoms with van der Waals surface area (Å²) in [6.07, 6.45) is 6.72. The minimum Gasteiger partial charge on any atom is -0.372 e. The van der Waals surface area contributed by atoms with Gasteiger partial charge in [0, 0.05) is 18.6 Å². The summed E-state index contributed by atoms with van der Waals surface area (Å²) in [5, 5.41) is 2.91. The van der Waals surface area contributed by atoms with Crippen LogP contribution in [0.2, 0.25) is 0 Å².